The lowest BCUT2D eigenvalue weighted by atomic mass is 9.88. The van der Waals surface area contributed by atoms with E-state index in [2.05, 4.69) is 40.9 Å². The van der Waals surface area contributed by atoms with Crippen LogP contribution >= 0.6 is 11.8 Å². The van der Waals surface area contributed by atoms with Crippen molar-refractivity contribution in [2.45, 2.75) is 63.2 Å². The van der Waals surface area contributed by atoms with Gasteiger partial charge in [0.15, 0.2) is 0 Å². The Morgan fingerprint density at radius 1 is 1.29 bits per heavy atom. The SMILES string of the molecule is CCCNC(C)c1nnc(NCC2(SC)CCCCC2)o1. The topological polar surface area (TPSA) is 63.0 Å². The molecule has 1 aliphatic rings. The molecule has 0 amide bonds. The second-order valence-corrected chi connectivity index (χ2v) is 7.20. The standard InChI is InChI=1S/C15H28N4OS/c1-4-10-16-12(2)13-18-19-14(20-13)17-11-15(21-3)8-6-5-7-9-15/h12,16H,4-11H2,1-3H3,(H,17,19). The Hall–Kier alpha value is -0.750. The first-order valence-electron chi connectivity index (χ1n) is 8.05. The van der Waals surface area contributed by atoms with E-state index in [9.17, 15) is 0 Å². The Balaban J connectivity index is 1.87. The van der Waals surface area contributed by atoms with E-state index in [1.54, 1.807) is 0 Å². The molecule has 1 aliphatic carbocycles. The summed E-state index contributed by atoms with van der Waals surface area (Å²) in [6, 6.07) is 0.659. The van der Waals surface area contributed by atoms with Gasteiger partial charge in [-0.25, -0.2) is 0 Å². The van der Waals surface area contributed by atoms with Gasteiger partial charge in [-0.1, -0.05) is 31.3 Å². The van der Waals surface area contributed by atoms with E-state index in [-0.39, 0.29) is 6.04 Å². The maximum Gasteiger partial charge on any atom is 0.315 e. The largest absolute Gasteiger partial charge is 0.406 e. The fourth-order valence-corrected chi connectivity index (χ4v) is 3.73. The van der Waals surface area contributed by atoms with Crippen LogP contribution < -0.4 is 10.6 Å². The minimum absolute atomic E-state index is 0.109. The van der Waals surface area contributed by atoms with Gasteiger partial charge in [-0.05, 0) is 39.0 Å². The highest BCUT2D eigenvalue weighted by Crippen LogP contribution is 2.38. The van der Waals surface area contributed by atoms with Crippen molar-refractivity contribution in [2.24, 2.45) is 0 Å². The molecule has 1 atom stereocenters. The molecular formula is C15H28N4OS. The normalized spacial score (nSPS) is 19.4. The van der Waals surface area contributed by atoms with Crippen molar-refractivity contribution in [3.63, 3.8) is 0 Å². The van der Waals surface area contributed by atoms with Gasteiger partial charge >= 0.3 is 6.01 Å². The summed E-state index contributed by atoms with van der Waals surface area (Å²) >= 11 is 1.97. The summed E-state index contributed by atoms with van der Waals surface area (Å²) in [5, 5.41) is 15.0. The van der Waals surface area contributed by atoms with Crippen LogP contribution in [-0.4, -0.2) is 34.3 Å². The van der Waals surface area contributed by atoms with Gasteiger partial charge in [0, 0.05) is 11.3 Å². The first-order valence-corrected chi connectivity index (χ1v) is 9.27. The molecule has 2 rings (SSSR count). The van der Waals surface area contributed by atoms with Gasteiger partial charge in [0.2, 0.25) is 5.89 Å². The average molecular weight is 312 g/mol. The van der Waals surface area contributed by atoms with E-state index in [0.717, 1.165) is 19.5 Å². The lowest BCUT2D eigenvalue weighted by Crippen LogP contribution is -2.35. The second-order valence-electron chi connectivity index (χ2n) is 5.92. The van der Waals surface area contributed by atoms with Crippen LogP contribution in [0.5, 0.6) is 0 Å². The van der Waals surface area contributed by atoms with Crippen LogP contribution in [0.2, 0.25) is 0 Å². The third kappa shape index (κ3) is 4.61. The Morgan fingerprint density at radius 3 is 2.71 bits per heavy atom. The molecule has 0 bridgehead atoms. The Morgan fingerprint density at radius 2 is 2.05 bits per heavy atom. The first-order chi connectivity index (χ1) is 10.2. The summed E-state index contributed by atoms with van der Waals surface area (Å²) < 4.78 is 6.05. The molecule has 0 spiro atoms. The van der Waals surface area contributed by atoms with Crippen LogP contribution in [-0.2, 0) is 0 Å². The lowest BCUT2D eigenvalue weighted by molar-refractivity contribution is 0.400. The number of hydrogen-bond acceptors (Lipinski definition) is 6. The smallest absolute Gasteiger partial charge is 0.315 e. The predicted molar refractivity (Wildman–Crippen MR) is 88.8 cm³/mol. The van der Waals surface area contributed by atoms with E-state index in [1.165, 1.54) is 32.1 Å². The predicted octanol–water partition coefficient (Wildman–Crippen LogP) is 3.61. The molecule has 1 fully saturated rings. The van der Waals surface area contributed by atoms with Crippen molar-refractivity contribution in [3.8, 4) is 0 Å². The number of aromatic nitrogens is 2. The number of rotatable bonds is 8. The molecule has 0 saturated heterocycles. The van der Waals surface area contributed by atoms with E-state index < -0.39 is 0 Å². The lowest BCUT2D eigenvalue weighted by Gasteiger charge is -2.35. The van der Waals surface area contributed by atoms with Gasteiger partial charge in [-0.2, -0.15) is 11.8 Å². The van der Waals surface area contributed by atoms with Crippen molar-refractivity contribution in [1.29, 1.82) is 0 Å². The molecule has 120 valence electrons. The molecule has 1 saturated carbocycles. The molecule has 0 radical (unpaired) electrons. The van der Waals surface area contributed by atoms with E-state index in [0.29, 0.717) is 16.7 Å². The number of anilines is 1. The van der Waals surface area contributed by atoms with Crippen LogP contribution in [0, 0.1) is 0 Å². The number of thioether (sulfide) groups is 1. The van der Waals surface area contributed by atoms with Gasteiger partial charge in [-0.15, -0.1) is 5.10 Å². The first kappa shape index (κ1) is 16.6. The van der Waals surface area contributed by atoms with Crippen LogP contribution in [0.15, 0.2) is 4.42 Å². The number of nitrogens with zero attached hydrogens (tertiary/aromatic N) is 2. The van der Waals surface area contributed by atoms with Crippen molar-refractivity contribution in [2.75, 3.05) is 24.7 Å². The summed E-state index contributed by atoms with van der Waals surface area (Å²) in [5.41, 5.74) is 0. The highest BCUT2D eigenvalue weighted by Gasteiger charge is 2.31. The summed E-state index contributed by atoms with van der Waals surface area (Å²) in [6.07, 6.45) is 9.88. The Bertz CT molecular complexity index is 418. The zero-order valence-electron chi connectivity index (χ0n) is 13.4. The summed E-state index contributed by atoms with van der Waals surface area (Å²) in [6.45, 7) is 6.07. The van der Waals surface area contributed by atoms with Crippen LogP contribution in [0.4, 0.5) is 6.01 Å². The molecule has 5 nitrogen and oxygen atoms in total. The van der Waals surface area contributed by atoms with E-state index in [4.69, 9.17) is 4.42 Å². The maximum atomic E-state index is 5.72. The molecule has 1 unspecified atom stereocenters. The zero-order valence-corrected chi connectivity index (χ0v) is 14.3. The Kier molecular flexibility index (Phi) is 6.36. The second kappa shape index (κ2) is 8.03. The van der Waals surface area contributed by atoms with Gasteiger partial charge in [-0.3, -0.25) is 0 Å². The maximum absolute atomic E-state index is 5.72. The Labute approximate surface area is 132 Å². The molecular weight excluding hydrogens is 284 g/mol. The fraction of sp³-hybridized carbons (Fsp3) is 0.867. The quantitative estimate of drug-likeness (QED) is 0.764. The van der Waals surface area contributed by atoms with Gasteiger partial charge < -0.3 is 15.1 Å². The fourth-order valence-electron chi connectivity index (χ4n) is 2.82. The monoisotopic (exact) mass is 312 g/mol. The highest BCUT2D eigenvalue weighted by atomic mass is 32.2. The molecule has 1 heterocycles. The van der Waals surface area contributed by atoms with Gasteiger partial charge in [0.1, 0.15) is 0 Å². The van der Waals surface area contributed by atoms with Crippen LogP contribution in [0.3, 0.4) is 0 Å². The minimum Gasteiger partial charge on any atom is -0.406 e. The van der Waals surface area contributed by atoms with Crippen LogP contribution in [0.25, 0.3) is 0 Å². The van der Waals surface area contributed by atoms with Crippen molar-refractivity contribution in [3.05, 3.63) is 5.89 Å². The molecule has 1 aromatic rings. The zero-order chi connectivity index (χ0) is 15.1. The summed E-state index contributed by atoms with van der Waals surface area (Å²) in [5.74, 6) is 0.660. The highest BCUT2D eigenvalue weighted by molar-refractivity contribution is 8.00. The van der Waals surface area contributed by atoms with Gasteiger partial charge in [0.05, 0.1) is 6.04 Å². The van der Waals surface area contributed by atoms with Crippen LogP contribution in [0.1, 0.15) is 64.3 Å². The minimum atomic E-state index is 0.109. The number of hydrogen-bond donors (Lipinski definition) is 2. The molecule has 0 aliphatic heterocycles. The number of nitrogens with one attached hydrogen (secondary N) is 2. The van der Waals surface area contributed by atoms with Crippen molar-refractivity contribution in [1.82, 2.24) is 15.5 Å². The van der Waals surface area contributed by atoms with Crippen molar-refractivity contribution >= 4 is 17.8 Å². The van der Waals surface area contributed by atoms with Crippen molar-refractivity contribution < 1.29 is 4.42 Å². The molecule has 1 aromatic heterocycles. The summed E-state index contributed by atoms with van der Waals surface area (Å²) in [7, 11) is 0. The van der Waals surface area contributed by atoms with E-state index >= 15 is 0 Å². The summed E-state index contributed by atoms with van der Waals surface area (Å²) in [4.78, 5) is 0. The average Bonchev–Trinajstić information content (AvgIpc) is 3.00. The van der Waals surface area contributed by atoms with E-state index in [1.807, 2.05) is 11.8 Å². The van der Waals surface area contributed by atoms with Gasteiger partial charge in [0.25, 0.3) is 0 Å². The third-order valence-corrected chi connectivity index (χ3v) is 5.69. The molecule has 2 N–H and O–H groups in total. The molecule has 0 aromatic carbocycles. The molecule has 6 heteroatoms. The third-order valence-electron chi connectivity index (χ3n) is 4.27. The molecule has 21 heavy (non-hydrogen) atoms.